The normalized spacial score (nSPS) is 9.73. The van der Waals surface area contributed by atoms with Gasteiger partial charge < -0.3 is 15.5 Å². The molecule has 0 unspecified atom stereocenters. The van der Waals surface area contributed by atoms with Crippen molar-refractivity contribution in [3.8, 4) is 0 Å². The zero-order chi connectivity index (χ0) is 8.27. The fourth-order valence-corrected chi connectivity index (χ4v) is 0.729. The van der Waals surface area contributed by atoms with E-state index in [1.54, 1.807) is 12.1 Å². The van der Waals surface area contributed by atoms with Crippen molar-refractivity contribution in [2.45, 2.75) is 6.61 Å². The highest BCUT2D eigenvalue weighted by molar-refractivity contribution is 5.45. The van der Waals surface area contributed by atoms with Gasteiger partial charge in [-0.2, -0.15) is 0 Å². The van der Waals surface area contributed by atoms with Gasteiger partial charge in [0.05, 0.1) is 12.3 Å². The Balaban J connectivity index is 2.83. The minimum Gasteiger partial charge on any atom is -0.733 e. The quantitative estimate of drug-likeness (QED) is 0.620. The Bertz CT molecular complexity index is 220. The summed E-state index contributed by atoms with van der Waals surface area (Å²) in [6.45, 7) is -0.0649. The van der Waals surface area contributed by atoms with Gasteiger partial charge in [-0.05, 0) is 17.7 Å². The Morgan fingerprint density at radius 2 is 1.82 bits per heavy atom. The molecule has 0 atom stereocenters. The Morgan fingerprint density at radius 3 is 2.18 bits per heavy atom. The van der Waals surface area contributed by atoms with Crippen LogP contribution in [0.15, 0.2) is 24.3 Å². The first kappa shape index (κ1) is 8.00. The lowest BCUT2D eigenvalue weighted by Crippen LogP contribution is -2.06. The summed E-state index contributed by atoms with van der Waals surface area (Å²) in [6, 6.07) is 5.99. The van der Waals surface area contributed by atoms with Crippen LogP contribution >= 0.6 is 0 Å². The van der Waals surface area contributed by atoms with Gasteiger partial charge in [-0.1, -0.05) is 12.1 Å². The van der Waals surface area contributed by atoms with Crippen molar-refractivity contribution in [3.63, 3.8) is 0 Å². The number of hydrogen-bond donors (Lipinski definition) is 2. The molecule has 1 aromatic carbocycles. The molecule has 60 valence electrons. The summed E-state index contributed by atoms with van der Waals surface area (Å²) in [5.74, 6) is 0. The highest BCUT2D eigenvalue weighted by Gasteiger charge is 1.91. The van der Waals surface area contributed by atoms with Crippen molar-refractivity contribution in [3.05, 3.63) is 35.0 Å². The summed E-state index contributed by atoms with van der Waals surface area (Å²) in [5, 5.41) is 27.0. The van der Waals surface area contributed by atoms with Gasteiger partial charge in [0.1, 0.15) is 0 Å². The molecule has 1 rings (SSSR count). The number of aliphatic hydroxyl groups is 1. The third kappa shape index (κ3) is 1.91. The van der Waals surface area contributed by atoms with Gasteiger partial charge in [-0.25, -0.2) is 0 Å². The number of anilines is 1. The predicted octanol–water partition coefficient (Wildman–Crippen LogP) is 0.872. The zero-order valence-corrected chi connectivity index (χ0v) is 5.77. The van der Waals surface area contributed by atoms with Crippen molar-refractivity contribution >= 4 is 5.69 Å². The molecule has 0 aliphatic carbocycles. The van der Waals surface area contributed by atoms with Crippen LogP contribution in [0.4, 0.5) is 5.69 Å². The lowest BCUT2D eigenvalue weighted by molar-refractivity contribution is 0.281. The second-order valence-electron chi connectivity index (χ2n) is 2.10. The summed E-state index contributed by atoms with van der Waals surface area (Å²) in [7, 11) is 0. The highest BCUT2D eigenvalue weighted by atomic mass is 16.8. The van der Waals surface area contributed by atoms with E-state index in [1.165, 1.54) is 12.1 Å². The predicted molar refractivity (Wildman–Crippen MR) is 40.0 cm³/mol. The molecule has 1 aromatic rings. The van der Waals surface area contributed by atoms with Crippen LogP contribution in [-0.2, 0) is 6.61 Å². The van der Waals surface area contributed by atoms with Crippen molar-refractivity contribution in [1.82, 2.24) is 0 Å². The molecule has 4 heteroatoms. The van der Waals surface area contributed by atoms with E-state index in [0.717, 1.165) is 0 Å². The lowest BCUT2D eigenvalue weighted by atomic mass is 10.2. The second-order valence-corrected chi connectivity index (χ2v) is 2.10. The van der Waals surface area contributed by atoms with Crippen LogP contribution in [0.3, 0.4) is 0 Å². The topological polar surface area (TPSA) is 66.8 Å². The summed E-state index contributed by atoms with van der Waals surface area (Å²) < 4.78 is 0. The molecule has 0 aromatic heterocycles. The Morgan fingerprint density at radius 1 is 1.27 bits per heavy atom. The van der Waals surface area contributed by atoms with E-state index < -0.39 is 0 Å². The molecule has 0 amide bonds. The fraction of sp³-hybridized carbons (Fsp3) is 0.143. The van der Waals surface area contributed by atoms with E-state index in [0.29, 0.717) is 5.56 Å². The molecule has 0 spiro atoms. The van der Waals surface area contributed by atoms with Crippen LogP contribution < -0.4 is 5.23 Å². The molecule has 0 bridgehead atoms. The maximum Gasteiger partial charge on any atom is 0.0681 e. The average Bonchev–Trinajstić information content (AvgIpc) is 2.05. The third-order valence-electron chi connectivity index (χ3n) is 1.34. The molecule has 0 heterocycles. The fourth-order valence-electron chi connectivity index (χ4n) is 0.729. The first-order valence-corrected chi connectivity index (χ1v) is 3.10. The van der Waals surface area contributed by atoms with E-state index in [1.807, 2.05) is 0 Å². The van der Waals surface area contributed by atoms with Crippen molar-refractivity contribution in [2.75, 3.05) is 5.23 Å². The monoisotopic (exact) mass is 154 g/mol. The number of benzene rings is 1. The average molecular weight is 154 g/mol. The summed E-state index contributed by atoms with van der Waals surface area (Å²) in [4.78, 5) is 0. The Labute approximate surface area is 63.8 Å². The molecule has 0 aliphatic rings. The van der Waals surface area contributed by atoms with Gasteiger partial charge in [0, 0.05) is 0 Å². The van der Waals surface area contributed by atoms with E-state index in [-0.39, 0.29) is 17.5 Å². The second kappa shape index (κ2) is 3.34. The largest absolute Gasteiger partial charge is 0.733 e. The van der Waals surface area contributed by atoms with Crippen molar-refractivity contribution < 1.29 is 10.3 Å². The molecule has 0 radical (unpaired) electrons. The molecule has 0 aliphatic heterocycles. The molecular formula is C7H8NO3-. The molecule has 0 fully saturated rings. The van der Waals surface area contributed by atoms with E-state index in [9.17, 15) is 5.21 Å². The minimum atomic E-state index is -0.221. The first-order chi connectivity index (χ1) is 5.24. The Kier molecular flexibility index (Phi) is 2.43. The van der Waals surface area contributed by atoms with Crippen LogP contribution in [-0.4, -0.2) is 10.3 Å². The third-order valence-corrected chi connectivity index (χ3v) is 1.34. The van der Waals surface area contributed by atoms with Gasteiger partial charge in [-0.3, -0.25) is 5.21 Å². The van der Waals surface area contributed by atoms with Gasteiger partial charge >= 0.3 is 0 Å². The smallest absolute Gasteiger partial charge is 0.0681 e. The highest BCUT2D eigenvalue weighted by Crippen LogP contribution is 2.11. The van der Waals surface area contributed by atoms with Crippen LogP contribution in [0.5, 0.6) is 0 Å². The van der Waals surface area contributed by atoms with E-state index in [2.05, 4.69) is 0 Å². The van der Waals surface area contributed by atoms with E-state index >= 15 is 0 Å². The van der Waals surface area contributed by atoms with Crippen molar-refractivity contribution in [2.24, 2.45) is 0 Å². The summed E-state index contributed by atoms with van der Waals surface area (Å²) in [6.07, 6.45) is 0. The number of nitrogens with zero attached hydrogens (tertiary/aromatic N) is 1. The SMILES string of the molecule is [O-]N(O)c1ccc(CO)cc1. The van der Waals surface area contributed by atoms with Crippen LogP contribution in [0.25, 0.3) is 0 Å². The number of rotatable bonds is 2. The lowest BCUT2D eigenvalue weighted by Gasteiger charge is -2.21. The van der Waals surface area contributed by atoms with Crippen LogP contribution in [0, 0.1) is 5.21 Å². The standard InChI is InChI=1S/C7H8NO3/c9-5-6-1-3-7(4-2-6)8(10)11/h1-4,9-10H,5H2/q-1. The molecular weight excluding hydrogens is 146 g/mol. The minimum absolute atomic E-state index is 0.0649. The van der Waals surface area contributed by atoms with Gasteiger partial charge in [0.2, 0.25) is 0 Å². The molecule has 2 N–H and O–H groups in total. The van der Waals surface area contributed by atoms with Gasteiger partial charge in [-0.15, -0.1) is 0 Å². The summed E-state index contributed by atoms with van der Waals surface area (Å²) >= 11 is 0. The zero-order valence-electron chi connectivity index (χ0n) is 5.77. The van der Waals surface area contributed by atoms with Crippen LogP contribution in [0.2, 0.25) is 0 Å². The Hall–Kier alpha value is -1.10. The maximum absolute atomic E-state index is 10.3. The first-order valence-electron chi connectivity index (χ1n) is 3.10. The van der Waals surface area contributed by atoms with Gasteiger partial charge in [0.15, 0.2) is 0 Å². The van der Waals surface area contributed by atoms with Gasteiger partial charge in [0.25, 0.3) is 0 Å². The maximum atomic E-state index is 10.3. The van der Waals surface area contributed by atoms with Crippen LogP contribution in [0.1, 0.15) is 5.56 Å². The number of aliphatic hydroxyl groups excluding tert-OH is 1. The molecule has 0 saturated carbocycles. The van der Waals surface area contributed by atoms with Crippen molar-refractivity contribution in [1.29, 1.82) is 0 Å². The van der Waals surface area contributed by atoms with E-state index in [4.69, 9.17) is 10.3 Å². The molecule has 4 nitrogen and oxygen atoms in total. The summed E-state index contributed by atoms with van der Waals surface area (Å²) in [5.41, 5.74) is 0.859. The number of hydrogen-bond acceptors (Lipinski definition) is 4. The molecule has 11 heavy (non-hydrogen) atoms. The molecule has 0 saturated heterocycles.